The molecule has 0 radical (unpaired) electrons. The first-order valence-corrected chi connectivity index (χ1v) is 4.26. The molecule has 0 bridgehead atoms. The molecule has 0 N–H and O–H groups in total. The summed E-state index contributed by atoms with van der Waals surface area (Å²) < 4.78 is 0. The average Bonchev–Trinajstić information content (AvgIpc) is 1.69. The van der Waals surface area contributed by atoms with Gasteiger partial charge in [-0.25, -0.2) is 0 Å². The van der Waals surface area contributed by atoms with Crippen molar-refractivity contribution in [2.45, 2.75) is 12.8 Å². The van der Waals surface area contributed by atoms with Gasteiger partial charge in [0.25, 0.3) is 0 Å². The van der Waals surface area contributed by atoms with E-state index in [4.69, 9.17) is 0 Å². The van der Waals surface area contributed by atoms with Crippen molar-refractivity contribution < 1.29 is 0 Å². The summed E-state index contributed by atoms with van der Waals surface area (Å²) in [5.41, 5.74) is 0. The fourth-order valence-electron chi connectivity index (χ4n) is 0.258. The van der Waals surface area contributed by atoms with Crippen LogP contribution in [0.15, 0.2) is 11.1 Å². The van der Waals surface area contributed by atoms with Crippen LogP contribution in [0, 0.1) is 0 Å². The Hall–Kier alpha value is 0.700. The summed E-state index contributed by atoms with van der Waals surface area (Å²) in [6.07, 6.45) is 4.49. The van der Waals surface area contributed by atoms with Crippen LogP contribution in [0.5, 0.6) is 0 Å². The highest BCUT2D eigenvalue weighted by molar-refractivity contribution is 9.11. The summed E-state index contributed by atoms with van der Waals surface area (Å²) in [7, 11) is 0. The first kappa shape index (κ1) is 7.70. The predicted octanol–water partition coefficient (Wildman–Crippen LogP) is 3.07. The summed E-state index contributed by atoms with van der Waals surface area (Å²) >= 11 is 6.51. The number of allylic oxidation sites excluding steroid dienone is 1. The lowest BCUT2D eigenvalue weighted by Crippen LogP contribution is -1.67. The van der Waals surface area contributed by atoms with Crippen molar-refractivity contribution in [1.82, 2.24) is 0 Å². The maximum absolute atomic E-state index is 3.33. The Morgan fingerprint density at radius 3 is 2.57 bits per heavy atom. The van der Waals surface area contributed by atoms with Crippen LogP contribution >= 0.6 is 31.9 Å². The molecule has 0 aliphatic heterocycles. The minimum Gasteiger partial charge on any atom is -0.0928 e. The zero-order valence-electron chi connectivity index (χ0n) is 4.03. The van der Waals surface area contributed by atoms with Crippen LogP contribution < -0.4 is 0 Å². The first-order chi connectivity index (χ1) is 3.41. The highest BCUT2D eigenvalue weighted by Crippen LogP contribution is 1.95. The van der Waals surface area contributed by atoms with Gasteiger partial charge in [-0.05, 0) is 17.8 Å². The van der Waals surface area contributed by atoms with Crippen molar-refractivity contribution >= 4 is 31.9 Å². The van der Waals surface area contributed by atoms with Gasteiger partial charge in [0.05, 0.1) is 0 Å². The molecule has 0 spiro atoms. The molecule has 0 saturated heterocycles. The van der Waals surface area contributed by atoms with E-state index >= 15 is 0 Å². The number of hydrogen-bond donors (Lipinski definition) is 0. The predicted molar refractivity (Wildman–Crippen MR) is 41.1 cm³/mol. The molecule has 0 heterocycles. The highest BCUT2D eigenvalue weighted by Gasteiger charge is 1.74. The lowest BCUT2D eigenvalue weighted by molar-refractivity contribution is 0.981. The van der Waals surface area contributed by atoms with Crippen LogP contribution in [0.1, 0.15) is 12.8 Å². The van der Waals surface area contributed by atoms with Gasteiger partial charge in [-0.15, -0.1) is 0 Å². The Kier molecular flexibility index (Phi) is 7.37. The van der Waals surface area contributed by atoms with E-state index in [9.17, 15) is 0 Å². The Balaban J connectivity index is 2.69. The second kappa shape index (κ2) is 6.70. The van der Waals surface area contributed by atoms with Gasteiger partial charge in [-0.1, -0.05) is 37.9 Å². The van der Waals surface area contributed by atoms with E-state index in [-0.39, 0.29) is 0 Å². The molecule has 0 unspecified atom stereocenters. The van der Waals surface area contributed by atoms with Crippen molar-refractivity contribution in [1.29, 1.82) is 0 Å². The molecule has 0 rings (SSSR count). The van der Waals surface area contributed by atoms with E-state index in [1.165, 1.54) is 6.42 Å². The third-order valence-corrected chi connectivity index (χ3v) is 1.53. The Morgan fingerprint density at radius 2 is 2.14 bits per heavy atom. The first-order valence-electron chi connectivity index (χ1n) is 2.23. The number of alkyl halides is 1. The van der Waals surface area contributed by atoms with E-state index in [0.717, 1.165) is 11.8 Å². The molecule has 0 aromatic carbocycles. The normalized spacial score (nSPS) is 10.6. The zero-order chi connectivity index (χ0) is 5.54. The molecule has 0 saturated carbocycles. The summed E-state index contributed by atoms with van der Waals surface area (Å²) in [6.45, 7) is 0. The second-order valence-corrected chi connectivity index (χ2v) is 2.51. The second-order valence-electron chi connectivity index (χ2n) is 1.19. The Morgan fingerprint density at radius 1 is 1.43 bits per heavy atom. The third-order valence-electron chi connectivity index (χ3n) is 0.594. The smallest absolute Gasteiger partial charge is 0.00342 e. The molecular formula is C5H8Br2. The lowest BCUT2D eigenvalue weighted by Gasteiger charge is -1.82. The molecule has 0 atom stereocenters. The largest absolute Gasteiger partial charge is 0.0928 e. The third kappa shape index (κ3) is 6.70. The van der Waals surface area contributed by atoms with Gasteiger partial charge in [0.1, 0.15) is 0 Å². The van der Waals surface area contributed by atoms with E-state index in [0.29, 0.717) is 0 Å². The molecule has 0 aromatic rings. The molecule has 0 amide bonds. The SMILES string of the molecule is Br/C=C/CCCBr. The standard InChI is InChI=1S/C5H8Br2/c6-4-2-1-3-5-7/h2,4H,1,3,5H2/b4-2+. The fraction of sp³-hybridized carbons (Fsp3) is 0.600. The molecule has 0 aliphatic carbocycles. The lowest BCUT2D eigenvalue weighted by atomic mass is 10.3. The van der Waals surface area contributed by atoms with Crippen LogP contribution in [-0.4, -0.2) is 5.33 Å². The van der Waals surface area contributed by atoms with Crippen molar-refractivity contribution in [2.24, 2.45) is 0 Å². The van der Waals surface area contributed by atoms with Crippen LogP contribution in [0.4, 0.5) is 0 Å². The van der Waals surface area contributed by atoms with Gasteiger partial charge in [-0.2, -0.15) is 0 Å². The molecular weight excluding hydrogens is 220 g/mol. The summed E-state index contributed by atoms with van der Waals surface area (Å²) in [4.78, 5) is 1.90. The van der Waals surface area contributed by atoms with Gasteiger partial charge in [0.15, 0.2) is 0 Å². The van der Waals surface area contributed by atoms with Crippen molar-refractivity contribution in [2.75, 3.05) is 5.33 Å². The Labute approximate surface area is 61.2 Å². The zero-order valence-corrected chi connectivity index (χ0v) is 7.20. The van der Waals surface area contributed by atoms with Gasteiger partial charge in [-0.3, -0.25) is 0 Å². The number of unbranched alkanes of at least 4 members (excludes halogenated alkanes) is 1. The molecule has 0 nitrogen and oxygen atoms in total. The van der Waals surface area contributed by atoms with E-state index in [1.807, 2.05) is 4.99 Å². The topological polar surface area (TPSA) is 0 Å². The van der Waals surface area contributed by atoms with E-state index in [1.54, 1.807) is 0 Å². The van der Waals surface area contributed by atoms with Crippen LogP contribution in [-0.2, 0) is 0 Å². The van der Waals surface area contributed by atoms with Crippen molar-refractivity contribution in [3.05, 3.63) is 11.1 Å². The van der Waals surface area contributed by atoms with Crippen molar-refractivity contribution in [3.8, 4) is 0 Å². The number of halogens is 2. The maximum Gasteiger partial charge on any atom is 0.00342 e. The van der Waals surface area contributed by atoms with Crippen molar-refractivity contribution in [3.63, 3.8) is 0 Å². The van der Waals surface area contributed by atoms with Crippen LogP contribution in [0.25, 0.3) is 0 Å². The van der Waals surface area contributed by atoms with Crippen LogP contribution in [0.3, 0.4) is 0 Å². The van der Waals surface area contributed by atoms with Gasteiger partial charge in [0.2, 0.25) is 0 Å². The summed E-state index contributed by atoms with van der Waals surface area (Å²) in [5, 5.41) is 1.10. The molecule has 42 valence electrons. The molecule has 0 fully saturated rings. The van der Waals surface area contributed by atoms with Crippen LogP contribution in [0.2, 0.25) is 0 Å². The average molecular weight is 228 g/mol. The number of hydrogen-bond acceptors (Lipinski definition) is 0. The molecule has 0 aliphatic rings. The molecule has 2 heteroatoms. The minimum atomic E-state index is 1.10. The van der Waals surface area contributed by atoms with Gasteiger partial charge in [0, 0.05) is 5.33 Å². The monoisotopic (exact) mass is 226 g/mol. The fourth-order valence-corrected chi connectivity index (χ4v) is 0.846. The minimum absolute atomic E-state index is 1.10. The summed E-state index contributed by atoms with van der Waals surface area (Å²) in [5.74, 6) is 0. The molecule has 7 heavy (non-hydrogen) atoms. The van der Waals surface area contributed by atoms with E-state index < -0.39 is 0 Å². The Bertz CT molecular complexity index is 50.0. The van der Waals surface area contributed by atoms with Gasteiger partial charge < -0.3 is 0 Å². The maximum atomic E-state index is 3.33. The molecule has 0 aromatic heterocycles. The van der Waals surface area contributed by atoms with E-state index in [2.05, 4.69) is 37.9 Å². The quantitative estimate of drug-likeness (QED) is 0.514. The highest BCUT2D eigenvalue weighted by atomic mass is 79.9. The number of rotatable bonds is 3. The summed E-state index contributed by atoms with van der Waals surface area (Å²) in [6, 6.07) is 0. The van der Waals surface area contributed by atoms with Gasteiger partial charge >= 0.3 is 0 Å².